The van der Waals surface area contributed by atoms with Gasteiger partial charge in [0, 0.05) is 11.1 Å². The van der Waals surface area contributed by atoms with Gasteiger partial charge in [0.2, 0.25) is 5.78 Å². The van der Waals surface area contributed by atoms with E-state index in [0.29, 0.717) is 46.5 Å². The Morgan fingerprint density at radius 3 is 2.77 bits per heavy atom. The molecule has 1 saturated heterocycles. The molecule has 0 bridgehead atoms. The van der Waals surface area contributed by atoms with Gasteiger partial charge in [0.05, 0.1) is 32.4 Å². The largest absolute Gasteiger partial charge is 0.872 e. The van der Waals surface area contributed by atoms with Crippen LogP contribution in [0.1, 0.15) is 47.7 Å². The molecule has 1 fully saturated rings. The normalized spacial score (nSPS) is 22.0. The number of fused-ring (bicyclic) bond motifs is 1. The minimum absolute atomic E-state index is 0.0768. The van der Waals surface area contributed by atoms with Gasteiger partial charge in [0.15, 0.2) is 5.76 Å². The second kappa shape index (κ2) is 8.40. The number of hydrogen-bond donors (Lipinski definition) is 1. The number of Topliss-reactive ketones (excluding diaryl/α,β-unsaturated/α-hetero) is 1. The predicted octanol–water partition coefficient (Wildman–Crippen LogP) is 2.35. The van der Waals surface area contributed by atoms with E-state index in [2.05, 4.69) is 6.92 Å². The third-order valence-corrected chi connectivity index (χ3v) is 6.11. The molecule has 2 aliphatic rings. The number of carbonyl (C=O) groups is 1. The van der Waals surface area contributed by atoms with Crippen molar-refractivity contribution >= 4 is 11.9 Å². The van der Waals surface area contributed by atoms with Gasteiger partial charge in [-0.2, -0.15) is 0 Å². The average molecular weight is 409 g/mol. The number of ether oxygens (including phenoxy) is 3. The van der Waals surface area contributed by atoms with Crippen molar-refractivity contribution in [2.24, 2.45) is 0 Å². The van der Waals surface area contributed by atoms with Crippen LogP contribution in [0.25, 0.3) is 6.08 Å². The molecule has 30 heavy (non-hydrogen) atoms. The van der Waals surface area contributed by atoms with E-state index < -0.39 is 0 Å². The van der Waals surface area contributed by atoms with E-state index in [4.69, 9.17) is 14.2 Å². The fourth-order valence-corrected chi connectivity index (χ4v) is 4.29. The molecule has 0 saturated carbocycles. The van der Waals surface area contributed by atoms with E-state index in [-0.39, 0.29) is 17.3 Å². The lowest BCUT2D eigenvalue weighted by molar-refractivity contribution is -0.942. The molecule has 1 N–H and O–H groups in total. The molecular formula is C24H27NO5. The first-order chi connectivity index (χ1) is 14.5. The van der Waals surface area contributed by atoms with Crippen LogP contribution in [-0.2, 0) is 6.54 Å². The van der Waals surface area contributed by atoms with Crippen LogP contribution in [0.2, 0.25) is 0 Å². The number of allylic oxidation sites excluding steroid dienone is 1. The Morgan fingerprint density at radius 2 is 2.03 bits per heavy atom. The number of benzene rings is 2. The summed E-state index contributed by atoms with van der Waals surface area (Å²) in [5, 5.41) is 12.7. The van der Waals surface area contributed by atoms with Crippen LogP contribution in [0.5, 0.6) is 23.0 Å². The van der Waals surface area contributed by atoms with Gasteiger partial charge < -0.3 is 24.2 Å². The number of rotatable bonds is 5. The van der Waals surface area contributed by atoms with Crippen LogP contribution in [0, 0.1) is 0 Å². The second-order valence-electron chi connectivity index (χ2n) is 7.95. The van der Waals surface area contributed by atoms with Crippen molar-refractivity contribution in [1.82, 2.24) is 0 Å². The maximum Gasteiger partial charge on any atom is 0.231 e. The first kappa shape index (κ1) is 20.3. The van der Waals surface area contributed by atoms with Crippen molar-refractivity contribution < 1.29 is 29.0 Å². The molecule has 0 aliphatic carbocycles. The Balaban J connectivity index is 1.69. The van der Waals surface area contributed by atoms with Crippen molar-refractivity contribution in [2.45, 2.75) is 38.8 Å². The molecule has 2 heterocycles. The standard InChI is InChI=1S/C24H27NO5/c1-15-6-4-5-11-25(15)14-19-20(26)9-8-18-23(27)22(30-24(18)19)13-16-12-17(28-2)7-10-21(16)29-3/h7-10,12-13,15,26H,4-6,11,14H2,1-3H3/b22-13-. The summed E-state index contributed by atoms with van der Waals surface area (Å²) in [5.74, 6) is 1.55. The number of likely N-dealkylation sites (tertiary alicyclic amines) is 1. The smallest absolute Gasteiger partial charge is 0.231 e. The molecule has 0 aromatic heterocycles. The molecule has 2 unspecified atom stereocenters. The van der Waals surface area contributed by atoms with E-state index in [0.717, 1.165) is 19.4 Å². The van der Waals surface area contributed by atoms with Crippen LogP contribution in [0.3, 0.4) is 0 Å². The molecule has 0 amide bonds. The number of ketones is 1. The van der Waals surface area contributed by atoms with Gasteiger partial charge in [-0.05, 0) is 56.5 Å². The summed E-state index contributed by atoms with van der Waals surface area (Å²) in [6.45, 7) is 3.82. The molecular weight excluding hydrogens is 382 g/mol. The van der Waals surface area contributed by atoms with Crippen molar-refractivity contribution in [2.75, 3.05) is 20.8 Å². The minimum atomic E-state index is -0.224. The summed E-state index contributed by atoms with van der Waals surface area (Å²) < 4.78 is 16.7. The van der Waals surface area contributed by atoms with Crippen molar-refractivity contribution in [1.29, 1.82) is 0 Å². The summed E-state index contributed by atoms with van der Waals surface area (Å²) in [4.78, 5) is 14.4. The van der Waals surface area contributed by atoms with Crippen LogP contribution in [0.4, 0.5) is 0 Å². The van der Waals surface area contributed by atoms with Crippen molar-refractivity contribution in [3.8, 4) is 23.0 Å². The number of piperidine rings is 1. The molecule has 158 valence electrons. The second-order valence-corrected chi connectivity index (χ2v) is 7.95. The fourth-order valence-electron chi connectivity index (χ4n) is 4.29. The highest BCUT2D eigenvalue weighted by atomic mass is 16.5. The van der Waals surface area contributed by atoms with Gasteiger partial charge in [-0.1, -0.05) is 11.8 Å². The van der Waals surface area contributed by atoms with Crippen LogP contribution in [-0.4, -0.2) is 32.6 Å². The summed E-state index contributed by atoms with van der Waals surface area (Å²) in [7, 11) is 3.15. The molecule has 0 spiro atoms. The summed E-state index contributed by atoms with van der Waals surface area (Å²) in [5.41, 5.74) is 1.71. The van der Waals surface area contributed by atoms with E-state index in [1.165, 1.54) is 17.4 Å². The average Bonchev–Trinajstić information content (AvgIpc) is 3.07. The highest BCUT2D eigenvalue weighted by molar-refractivity contribution is 6.15. The monoisotopic (exact) mass is 409 g/mol. The Hall–Kier alpha value is -2.99. The first-order valence-electron chi connectivity index (χ1n) is 10.4. The zero-order valence-corrected chi connectivity index (χ0v) is 17.6. The molecule has 2 aromatic carbocycles. The number of nitrogens with one attached hydrogen (secondary N) is 1. The summed E-state index contributed by atoms with van der Waals surface area (Å²) >= 11 is 0. The maximum atomic E-state index is 13.0. The molecule has 2 atom stereocenters. The lowest BCUT2D eigenvalue weighted by Gasteiger charge is -2.31. The topological polar surface area (TPSA) is 72.3 Å². The van der Waals surface area contributed by atoms with E-state index in [1.54, 1.807) is 44.6 Å². The van der Waals surface area contributed by atoms with Gasteiger partial charge in [0.1, 0.15) is 23.8 Å². The van der Waals surface area contributed by atoms with Crippen LogP contribution >= 0.6 is 0 Å². The van der Waals surface area contributed by atoms with Gasteiger partial charge in [0.25, 0.3) is 0 Å². The van der Waals surface area contributed by atoms with Crippen LogP contribution < -0.4 is 24.2 Å². The lowest BCUT2D eigenvalue weighted by atomic mass is 10.0. The van der Waals surface area contributed by atoms with Gasteiger partial charge in [-0.3, -0.25) is 4.79 Å². The zero-order chi connectivity index (χ0) is 21.3. The number of methoxy groups -OCH3 is 2. The summed E-state index contributed by atoms with van der Waals surface area (Å²) in [6.07, 6.45) is 5.18. The molecule has 0 radical (unpaired) electrons. The Morgan fingerprint density at radius 1 is 1.20 bits per heavy atom. The first-order valence-corrected chi connectivity index (χ1v) is 10.4. The Bertz CT molecular complexity index is 997. The third-order valence-electron chi connectivity index (χ3n) is 6.11. The summed E-state index contributed by atoms with van der Waals surface area (Å²) in [6, 6.07) is 8.89. The van der Waals surface area contributed by atoms with E-state index >= 15 is 0 Å². The minimum Gasteiger partial charge on any atom is -0.872 e. The molecule has 6 heteroatoms. The molecule has 4 rings (SSSR count). The highest BCUT2D eigenvalue weighted by Crippen LogP contribution is 2.39. The fraction of sp³-hybridized carbons (Fsp3) is 0.375. The zero-order valence-electron chi connectivity index (χ0n) is 17.6. The highest BCUT2D eigenvalue weighted by Gasteiger charge is 2.32. The maximum absolute atomic E-state index is 13.0. The molecule has 2 aliphatic heterocycles. The number of hydrogen-bond acceptors (Lipinski definition) is 5. The Kier molecular flexibility index (Phi) is 5.68. The van der Waals surface area contributed by atoms with Gasteiger partial charge in [-0.25, -0.2) is 0 Å². The number of carbonyl (C=O) groups excluding carboxylic acids is 1. The molecule has 2 aromatic rings. The number of quaternary nitrogens is 1. The lowest BCUT2D eigenvalue weighted by Crippen LogP contribution is -3.14. The van der Waals surface area contributed by atoms with E-state index in [9.17, 15) is 9.90 Å². The quantitative estimate of drug-likeness (QED) is 0.768. The van der Waals surface area contributed by atoms with Gasteiger partial charge in [-0.15, -0.1) is 0 Å². The SMILES string of the molecule is COc1ccc(OC)c(/C=C2\Oc3c(ccc([O-])c3C[NH+]3CCCCC3C)C2=O)c1. The third kappa shape index (κ3) is 3.75. The van der Waals surface area contributed by atoms with Crippen molar-refractivity contribution in [3.05, 3.63) is 52.8 Å². The Labute approximate surface area is 176 Å². The van der Waals surface area contributed by atoms with Crippen LogP contribution in [0.15, 0.2) is 36.1 Å². The van der Waals surface area contributed by atoms with Gasteiger partial charge >= 0.3 is 0 Å². The van der Waals surface area contributed by atoms with Crippen molar-refractivity contribution in [3.63, 3.8) is 0 Å². The molecule has 6 nitrogen and oxygen atoms in total. The van der Waals surface area contributed by atoms with E-state index in [1.807, 2.05) is 0 Å². The predicted molar refractivity (Wildman–Crippen MR) is 111 cm³/mol.